The van der Waals surface area contributed by atoms with Gasteiger partial charge in [-0.15, -0.1) is 0 Å². The number of nitrogens with zero attached hydrogens (tertiary/aromatic N) is 2. The van der Waals surface area contributed by atoms with E-state index in [1.807, 2.05) is 25.3 Å². The molecule has 1 aromatic rings. The molecule has 1 saturated heterocycles. The maximum absolute atomic E-state index is 11.9. The number of carbonyl (C=O) groups is 1. The fraction of sp³-hybridized carbons (Fsp3) is 0.600. The van der Waals surface area contributed by atoms with Crippen LogP contribution in [0.3, 0.4) is 0 Å². The van der Waals surface area contributed by atoms with E-state index in [2.05, 4.69) is 25.8 Å². The van der Waals surface area contributed by atoms with Crippen LogP contribution in [-0.4, -0.2) is 31.2 Å². The molecule has 2 atom stereocenters. The van der Waals surface area contributed by atoms with Gasteiger partial charge in [0.05, 0.1) is 12.5 Å². The summed E-state index contributed by atoms with van der Waals surface area (Å²) in [6.45, 7) is 4.02. The zero-order valence-electron chi connectivity index (χ0n) is 11.8. The fourth-order valence-electron chi connectivity index (χ4n) is 3.80. The van der Waals surface area contributed by atoms with Crippen molar-refractivity contribution >= 4 is 27.7 Å². The second-order valence-electron chi connectivity index (χ2n) is 6.22. The highest BCUT2D eigenvalue weighted by atomic mass is 79.9. The Balaban J connectivity index is 1.69. The topological polar surface area (TPSA) is 42.4 Å². The second kappa shape index (κ2) is 5.02. The monoisotopic (exact) mass is 338 g/mol. The molecular formula is C15H19BrN2O2. The minimum Gasteiger partial charge on any atom is -0.469 e. The van der Waals surface area contributed by atoms with Gasteiger partial charge in [0.15, 0.2) is 0 Å². The van der Waals surface area contributed by atoms with E-state index >= 15 is 0 Å². The molecule has 1 saturated carbocycles. The van der Waals surface area contributed by atoms with E-state index in [0.29, 0.717) is 11.8 Å². The average Bonchev–Trinajstić information content (AvgIpc) is 2.94. The van der Waals surface area contributed by atoms with Crippen molar-refractivity contribution in [1.29, 1.82) is 0 Å². The van der Waals surface area contributed by atoms with Gasteiger partial charge < -0.3 is 9.64 Å². The maximum Gasteiger partial charge on any atom is 0.311 e. The molecule has 2 aliphatic rings. The molecule has 0 aromatic carbocycles. The maximum atomic E-state index is 11.9. The minimum atomic E-state index is -0.288. The highest BCUT2D eigenvalue weighted by Crippen LogP contribution is 2.49. The largest absolute Gasteiger partial charge is 0.469 e. The van der Waals surface area contributed by atoms with Crippen molar-refractivity contribution in [3.05, 3.63) is 22.8 Å². The number of hydrogen-bond donors (Lipinski definition) is 0. The smallest absolute Gasteiger partial charge is 0.311 e. The lowest BCUT2D eigenvalue weighted by Crippen LogP contribution is -2.30. The number of fused-ring (bicyclic) bond motifs is 1. The van der Waals surface area contributed by atoms with Gasteiger partial charge in [-0.25, -0.2) is 4.98 Å². The van der Waals surface area contributed by atoms with Crippen molar-refractivity contribution in [2.24, 2.45) is 17.3 Å². The molecule has 0 spiro atoms. The molecule has 2 heterocycles. The third kappa shape index (κ3) is 2.32. The van der Waals surface area contributed by atoms with Crippen LogP contribution in [0.15, 0.2) is 22.8 Å². The number of hydrogen-bond acceptors (Lipinski definition) is 4. The molecule has 3 rings (SSSR count). The van der Waals surface area contributed by atoms with Crippen molar-refractivity contribution in [2.45, 2.75) is 19.8 Å². The van der Waals surface area contributed by atoms with Gasteiger partial charge in [0.25, 0.3) is 0 Å². The second-order valence-corrected chi connectivity index (χ2v) is 7.14. The quantitative estimate of drug-likeness (QED) is 0.777. The summed E-state index contributed by atoms with van der Waals surface area (Å²) in [5.74, 6) is 2.12. The number of aromatic nitrogens is 1. The fourth-order valence-corrected chi connectivity index (χ4v) is 4.03. The molecule has 0 amide bonds. The van der Waals surface area contributed by atoms with E-state index in [-0.39, 0.29) is 11.4 Å². The van der Waals surface area contributed by atoms with Crippen LogP contribution in [-0.2, 0) is 9.53 Å². The molecule has 5 heteroatoms. The van der Waals surface area contributed by atoms with Crippen LogP contribution in [0, 0.1) is 17.3 Å². The lowest BCUT2D eigenvalue weighted by Gasteiger charge is -2.24. The van der Waals surface area contributed by atoms with Crippen LogP contribution in [0.1, 0.15) is 19.8 Å². The van der Waals surface area contributed by atoms with E-state index in [9.17, 15) is 4.79 Å². The molecule has 1 aliphatic heterocycles. The molecule has 1 aromatic heterocycles. The van der Waals surface area contributed by atoms with Gasteiger partial charge in [-0.3, -0.25) is 4.79 Å². The van der Waals surface area contributed by atoms with Gasteiger partial charge in [-0.05, 0) is 59.7 Å². The van der Waals surface area contributed by atoms with E-state index < -0.39 is 0 Å². The summed E-state index contributed by atoms with van der Waals surface area (Å²) in [6.07, 6.45) is 3.69. The number of ether oxygens (including phenoxy) is 1. The number of carbonyl (C=O) groups excluding carboxylic acids is 1. The van der Waals surface area contributed by atoms with Crippen molar-refractivity contribution in [1.82, 2.24) is 4.98 Å². The molecule has 4 nitrogen and oxygen atoms in total. The van der Waals surface area contributed by atoms with Crippen molar-refractivity contribution < 1.29 is 9.53 Å². The van der Waals surface area contributed by atoms with Crippen molar-refractivity contribution in [3.8, 4) is 0 Å². The summed E-state index contributed by atoms with van der Waals surface area (Å²) in [7, 11) is 1.49. The Labute approximate surface area is 127 Å². The van der Waals surface area contributed by atoms with Gasteiger partial charge >= 0.3 is 5.97 Å². The van der Waals surface area contributed by atoms with E-state index in [1.54, 1.807) is 0 Å². The minimum absolute atomic E-state index is 0.0554. The molecule has 2 fully saturated rings. The van der Waals surface area contributed by atoms with Crippen LogP contribution >= 0.6 is 15.9 Å². The standard InChI is InChI=1S/C15H19BrN2O2/c1-15(14(19)20-2)5-10-8-18(9-11(10)6-15)13-4-3-12(16)7-17-13/h3-4,7,10-11H,5-6,8-9H2,1-2H3. The summed E-state index contributed by atoms with van der Waals surface area (Å²) in [5, 5.41) is 0. The highest BCUT2D eigenvalue weighted by molar-refractivity contribution is 9.10. The number of methoxy groups -OCH3 is 1. The normalized spacial score (nSPS) is 32.2. The first kappa shape index (κ1) is 13.9. The molecule has 0 N–H and O–H groups in total. The number of halogens is 1. The molecule has 1 aliphatic carbocycles. The van der Waals surface area contributed by atoms with Gasteiger partial charge in [0, 0.05) is 23.8 Å². The zero-order valence-corrected chi connectivity index (χ0v) is 13.4. The third-order valence-corrected chi connectivity index (χ3v) is 5.18. The molecule has 20 heavy (non-hydrogen) atoms. The van der Waals surface area contributed by atoms with Crippen LogP contribution < -0.4 is 4.90 Å². The highest BCUT2D eigenvalue weighted by Gasteiger charge is 2.51. The molecule has 0 bridgehead atoms. The molecular weight excluding hydrogens is 320 g/mol. The summed E-state index contributed by atoms with van der Waals surface area (Å²) in [5.41, 5.74) is -0.288. The Morgan fingerprint density at radius 3 is 2.55 bits per heavy atom. The van der Waals surface area contributed by atoms with E-state index in [4.69, 9.17) is 4.74 Å². The zero-order chi connectivity index (χ0) is 14.3. The summed E-state index contributed by atoms with van der Waals surface area (Å²) < 4.78 is 5.96. The Hall–Kier alpha value is -1.10. The number of pyridine rings is 1. The predicted octanol–water partition coefficient (Wildman–Crippen LogP) is 2.87. The average molecular weight is 339 g/mol. The van der Waals surface area contributed by atoms with Crippen LogP contribution in [0.25, 0.3) is 0 Å². The van der Waals surface area contributed by atoms with Crippen molar-refractivity contribution in [3.63, 3.8) is 0 Å². The first-order valence-corrected chi connectivity index (χ1v) is 7.76. The number of rotatable bonds is 2. The Kier molecular flexibility index (Phi) is 3.48. The van der Waals surface area contributed by atoms with Crippen LogP contribution in [0.4, 0.5) is 5.82 Å². The number of anilines is 1. The summed E-state index contributed by atoms with van der Waals surface area (Å²) in [4.78, 5) is 18.7. The van der Waals surface area contributed by atoms with Crippen molar-refractivity contribution in [2.75, 3.05) is 25.1 Å². The van der Waals surface area contributed by atoms with E-state index in [0.717, 1.165) is 36.2 Å². The third-order valence-electron chi connectivity index (χ3n) is 4.72. The Morgan fingerprint density at radius 1 is 1.40 bits per heavy atom. The predicted molar refractivity (Wildman–Crippen MR) is 80.5 cm³/mol. The first-order valence-electron chi connectivity index (χ1n) is 6.97. The van der Waals surface area contributed by atoms with Gasteiger partial charge in [0.1, 0.15) is 5.82 Å². The SMILES string of the molecule is COC(=O)C1(C)CC2CN(c3ccc(Br)cn3)CC2C1. The lowest BCUT2D eigenvalue weighted by molar-refractivity contribution is -0.151. The summed E-state index contributed by atoms with van der Waals surface area (Å²) >= 11 is 3.41. The van der Waals surface area contributed by atoms with Gasteiger partial charge in [-0.2, -0.15) is 0 Å². The summed E-state index contributed by atoms with van der Waals surface area (Å²) in [6, 6.07) is 4.07. The Bertz CT molecular complexity index is 503. The van der Waals surface area contributed by atoms with Crippen LogP contribution in [0.5, 0.6) is 0 Å². The lowest BCUT2D eigenvalue weighted by atomic mass is 9.87. The Morgan fingerprint density at radius 2 is 2.05 bits per heavy atom. The van der Waals surface area contributed by atoms with Gasteiger partial charge in [0.2, 0.25) is 0 Å². The van der Waals surface area contributed by atoms with E-state index in [1.165, 1.54) is 7.11 Å². The molecule has 0 radical (unpaired) electrons. The molecule has 2 unspecified atom stereocenters. The molecule has 108 valence electrons. The number of esters is 1. The van der Waals surface area contributed by atoms with Crippen LogP contribution in [0.2, 0.25) is 0 Å². The first-order chi connectivity index (χ1) is 9.51. The van der Waals surface area contributed by atoms with Gasteiger partial charge in [-0.1, -0.05) is 0 Å².